The predicted molar refractivity (Wildman–Crippen MR) is 94.3 cm³/mol. The molecule has 25 heavy (non-hydrogen) atoms. The summed E-state index contributed by atoms with van der Waals surface area (Å²) in [4.78, 5) is 29.4. The van der Waals surface area contributed by atoms with Crippen LogP contribution in [0.15, 0.2) is 39.9 Å². The minimum absolute atomic E-state index is 0.145. The fourth-order valence-electron chi connectivity index (χ4n) is 2.93. The SMILES string of the molecule is C#CCn1c([C@H](OC)c2ccccc2)nc2c1c(=O)n(C)c(=O)n2C. The van der Waals surface area contributed by atoms with Gasteiger partial charge in [0, 0.05) is 21.2 Å². The summed E-state index contributed by atoms with van der Waals surface area (Å²) in [7, 11) is 4.57. The normalized spacial score (nSPS) is 12.2. The zero-order valence-electron chi connectivity index (χ0n) is 14.3. The van der Waals surface area contributed by atoms with Crippen molar-refractivity contribution in [2.45, 2.75) is 12.6 Å². The number of imidazole rings is 1. The van der Waals surface area contributed by atoms with Crippen LogP contribution in [0.2, 0.25) is 0 Å². The summed E-state index contributed by atoms with van der Waals surface area (Å²) in [6.45, 7) is 0.145. The Morgan fingerprint density at radius 1 is 1.20 bits per heavy atom. The monoisotopic (exact) mass is 338 g/mol. The van der Waals surface area contributed by atoms with Crippen molar-refractivity contribution in [1.82, 2.24) is 18.7 Å². The first-order valence-electron chi connectivity index (χ1n) is 7.68. The maximum absolute atomic E-state index is 12.6. The van der Waals surface area contributed by atoms with Crippen LogP contribution in [-0.2, 0) is 25.4 Å². The molecule has 0 aliphatic heterocycles. The van der Waals surface area contributed by atoms with Gasteiger partial charge in [-0.1, -0.05) is 36.3 Å². The zero-order valence-corrected chi connectivity index (χ0v) is 14.3. The van der Waals surface area contributed by atoms with Gasteiger partial charge in [0.1, 0.15) is 11.9 Å². The number of nitrogens with zero attached hydrogens (tertiary/aromatic N) is 4. The van der Waals surface area contributed by atoms with E-state index in [-0.39, 0.29) is 17.7 Å². The lowest BCUT2D eigenvalue weighted by molar-refractivity contribution is 0.126. The average molecular weight is 338 g/mol. The van der Waals surface area contributed by atoms with Crippen molar-refractivity contribution in [3.05, 3.63) is 62.6 Å². The third-order valence-corrected chi connectivity index (χ3v) is 4.20. The number of ether oxygens (including phenoxy) is 1. The summed E-state index contributed by atoms with van der Waals surface area (Å²) in [5.74, 6) is 3.03. The van der Waals surface area contributed by atoms with Crippen molar-refractivity contribution in [2.75, 3.05) is 7.11 Å². The Kier molecular flexibility index (Phi) is 4.30. The van der Waals surface area contributed by atoms with E-state index in [0.717, 1.165) is 10.1 Å². The minimum atomic E-state index is -0.512. The quantitative estimate of drug-likeness (QED) is 0.660. The molecule has 0 spiro atoms. The largest absolute Gasteiger partial charge is 0.369 e. The number of rotatable bonds is 4. The van der Waals surface area contributed by atoms with Crippen molar-refractivity contribution < 1.29 is 4.74 Å². The highest BCUT2D eigenvalue weighted by Gasteiger charge is 2.25. The van der Waals surface area contributed by atoms with E-state index < -0.39 is 17.4 Å². The van der Waals surface area contributed by atoms with Crippen molar-refractivity contribution in [2.24, 2.45) is 14.1 Å². The van der Waals surface area contributed by atoms with E-state index in [4.69, 9.17) is 11.2 Å². The number of benzene rings is 1. The van der Waals surface area contributed by atoms with Crippen LogP contribution in [0.1, 0.15) is 17.5 Å². The topological polar surface area (TPSA) is 71.1 Å². The van der Waals surface area contributed by atoms with Crippen LogP contribution < -0.4 is 11.2 Å². The molecule has 128 valence electrons. The number of aryl methyl sites for hydroxylation is 1. The van der Waals surface area contributed by atoms with Crippen LogP contribution in [0.25, 0.3) is 11.2 Å². The molecule has 0 aliphatic rings. The highest BCUT2D eigenvalue weighted by atomic mass is 16.5. The Morgan fingerprint density at radius 2 is 1.88 bits per heavy atom. The Balaban J connectivity index is 2.40. The van der Waals surface area contributed by atoms with Crippen LogP contribution in [0, 0.1) is 12.3 Å². The van der Waals surface area contributed by atoms with Crippen LogP contribution in [0.4, 0.5) is 0 Å². The lowest BCUT2D eigenvalue weighted by Gasteiger charge is -2.16. The Morgan fingerprint density at radius 3 is 2.48 bits per heavy atom. The number of hydrogen-bond donors (Lipinski definition) is 0. The standard InChI is InChI=1S/C18H18N4O3/c1-5-11-22-13-15(20(2)18(24)21(3)17(13)23)19-16(22)14(25-4)12-9-7-6-8-10-12/h1,6-10,14H,11H2,2-4H3/t14-/m1/s1. The number of hydrogen-bond acceptors (Lipinski definition) is 4. The molecule has 0 saturated carbocycles. The second-order valence-corrected chi connectivity index (χ2v) is 5.66. The number of terminal acetylenes is 1. The van der Waals surface area contributed by atoms with Gasteiger partial charge >= 0.3 is 5.69 Å². The average Bonchev–Trinajstić information content (AvgIpc) is 2.99. The van der Waals surface area contributed by atoms with Crippen molar-refractivity contribution in [3.63, 3.8) is 0 Å². The molecule has 0 unspecified atom stereocenters. The van der Waals surface area contributed by atoms with Crippen molar-refractivity contribution >= 4 is 11.2 Å². The van der Waals surface area contributed by atoms with Gasteiger partial charge in [-0.05, 0) is 5.56 Å². The van der Waals surface area contributed by atoms with E-state index in [9.17, 15) is 9.59 Å². The predicted octanol–water partition coefficient (Wildman–Crippen LogP) is 0.803. The molecule has 3 rings (SSSR count). The molecule has 2 aromatic heterocycles. The molecule has 0 radical (unpaired) electrons. The molecule has 7 nitrogen and oxygen atoms in total. The van der Waals surface area contributed by atoms with Crippen LogP contribution in [0.3, 0.4) is 0 Å². The zero-order chi connectivity index (χ0) is 18.1. The van der Waals surface area contributed by atoms with E-state index in [1.54, 1.807) is 18.7 Å². The van der Waals surface area contributed by atoms with E-state index in [1.807, 2.05) is 30.3 Å². The van der Waals surface area contributed by atoms with Gasteiger partial charge in [0.05, 0.1) is 6.54 Å². The fraction of sp³-hybridized carbons (Fsp3) is 0.278. The fourth-order valence-corrected chi connectivity index (χ4v) is 2.93. The maximum Gasteiger partial charge on any atom is 0.332 e. The maximum atomic E-state index is 12.6. The highest BCUT2D eigenvalue weighted by molar-refractivity contribution is 5.71. The lowest BCUT2D eigenvalue weighted by atomic mass is 10.1. The molecule has 3 aromatic rings. The van der Waals surface area contributed by atoms with Gasteiger partial charge < -0.3 is 9.30 Å². The molecule has 0 fully saturated rings. The Bertz CT molecular complexity index is 1080. The Hall–Kier alpha value is -3.11. The van der Waals surface area contributed by atoms with Gasteiger partial charge in [-0.3, -0.25) is 13.9 Å². The second-order valence-electron chi connectivity index (χ2n) is 5.66. The summed E-state index contributed by atoms with van der Waals surface area (Å²) in [5.41, 5.74) is 0.574. The van der Waals surface area contributed by atoms with Gasteiger partial charge in [-0.15, -0.1) is 6.42 Å². The first kappa shape index (κ1) is 16.7. The molecule has 0 saturated heterocycles. The second kappa shape index (κ2) is 6.42. The molecular formula is C18H18N4O3. The number of methoxy groups -OCH3 is 1. The third kappa shape index (κ3) is 2.57. The van der Waals surface area contributed by atoms with Gasteiger partial charge in [-0.25, -0.2) is 9.78 Å². The van der Waals surface area contributed by atoms with Gasteiger partial charge in [0.2, 0.25) is 0 Å². The van der Waals surface area contributed by atoms with Crippen LogP contribution in [-0.4, -0.2) is 25.8 Å². The van der Waals surface area contributed by atoms with Crippen molar-refractivity contribution in [3.8, 4) is 12.3 Å². The highest BCUT2D eigenvalue weighted by Crippen LogP contribution is 2.26. The first-order valence-corrected chi connectivity index (χ1v) is 7.68. The first-order chi connectivity index (χ1) is 12.0. The molecule has 0 amide bonds. The van der Waals surface area contributed by atoms with E-state index in [1.165, 1.54) is 11.6 Å². The molecule has 0 bridgehead atoms. The lowest BCUT2D eigenvalue weighted by Crippen LogP contribution is -2.37. The number of fused-ring (bicyclic) bond motifs is 1. The molecular weight excluding hydrogens is 320 g/mol. The summed E-state index contributed by atoms with van der Waals surface area (Å²) < 4.78 is 9.65. The molecule has 2 heterocycles. The molecule has 7 heteroatoms. The summed E-state index contributed by atoms with van der Waals surface area (Å²) in [5, 5.41) is 0. The van der Waals surface area contributed by atoms with Crippen LogP contribution in [0.5, 0.6) is 0 Å². The molecule has 0 N–H and O–H groups in total. The van der Waals surface area contributed by atoms with Crippen molar-refractivity contribution in [1.29, 1.82) is 0 Å². The van der Waals surface area contributed by atoms with E-state index in [2.05, 4.69) is 10.9 Å². The third-order valence-electron chi connectivity index (χ3n) is 4.20. The minimum Gasteiger partial charge on any atom is -0.369 e. The number of aromatic nitrogens is 4. The smallest absolute Gasteiger partial charge is 0.332 e. The summed E-state index contributed by atoms with van der Waals surface area (Å²) in [6.07, 6.45) is 4.99. The van der Waals surface area contributed by atoms with E-state index >= 15 is 0 Å². The molecule has 1 aromatic carbocycles. The molecule has 0 aliphatic carbocycles. The Labute approximate surface area is 144 Å². The summed E-state index contributed by atoms with van der Waals surface area (Å²) in [6, 6.07) is 9.50. The van der Waals surface area contributed by atoms with Crippen LogP contribution >= 0.6 is 0 Å². The van der Waals surface area contributed by atoms with Gasteiger partial charge in [-0.2, -0.15) is 0 Å². The summed E-state index contributed by atoms with van der Waals surface area (Å²) >= 11 is 0. The molecule has 1 atom stereocenters. The van der Waals surface area contributed by atoms with E-state index in [0.29, 0.717) is 5.82 Å². The van der Waals surface area contributed by atoms with Gasteiger partial charge in [0.15, 0.2) is 11.2 Å². The van der Waals surface area contributed by atoms with Gasteiger partial charge in [0.25, 0.3) is 5.56 Å².